The predicted molar refractivity (Wildman–Crippen MR) is 143 cm³/mol. The zero-order valence-electron chi connectivity index (χ0n) is 21.3. The quantitative estimate of drug-likeness (QED) is 0.0819. The number of hydrogen-bond donors (Lipinski definition) is 1. The minimum absolute atomic E-state index is 0.0912. The van der Waals surface area contributed by atoms with Crippen molar-refractivity contribution in [1.29, 1.82) is 0 Å². The van der Waals surface area contributed by atoms with Crippen molar-refractivity contribution in [3.63, 3.8) is 0 Å². The maximum atomic E-state index is 11.8. The molecule has 0 saturated carbocycles. The van der Waals surface area contributed by atoms with Gasteiger partial charge in [-0.2, -0.15) is 0 Å². The van der Waals surface area contributed by atoms with E-state index in [4.69, 9.17) is 9.84 Å². The van der Waals surface area contributed by atoms with Crippen molar-refractivity contribution in [1.82, 2.24) is 0 Å². The average molecular weight is 471 g/mol. The van der Waals surface area contributed by atoms with Crippen LogP contribution < -0.4 is 0 Å². The van der Waals surface area contributed by atoms with Crippen molar-refractivity contribution < 1.29 is 14.6 Å². The molecule has 4 heteroatoms. The first-order valence-electron chi connectivity index (χ1n) is 13.9. The normalized spacial score (nSPS) is 11.4. The summed E-state index contributed by atoms with van der Waals surface area (Å²) in [6, 6.07) is 0. The Labute approximate surface area is 204 Å². The lowest BCUT2D eigenvalue weighted by atomic mass is 10.1. The summed E-state index contributed by atoms with van der Waals surface area (Å²) in [6.07, 6.45) is 30.9. The molecule has 0 amide bonds. The number of thioether (sulfide) groups is 1. The summed E-state index contributed by atoms with van der Waals surface area (Å²) < 4.78 is 5.32. The largest absolute Gasteiger partial charge is 0.458 e. The second kappa shape index (κ2) is 28.6. The van der Waals surface area contributed by atoms with Crippen LogP contribution in [-0.4, -0.2) is 29.4 Å². The van der Waals surface area contributed by atoms with Crippen molar-refractivity contribution in [3.05, 3.63) is 12.2 Å². The van der Waals surface area contributed by atoms with E-state index in [9.17, 15) is 4.79 Å². The number of carbonyl (C=O) groups is 1. The zero-order valence-corrected chi connectivity index (χ0v) is 22.1. The van der Waals surface area contributed by atoms with E-state index < -0.39 is 0 Å². The van der Waals surface area contributed by atoms with Crippen LogP contribution >= 0.6 is 11.8 Å². The van der Waals surface area contributed by atoms with Crippen molar-refractivity contribution in [2.24, 2.45) is 0 Å². The van der Waals surface area contributed by atoms with Gasteiger partial charge < -0.3 is 9.84 Å². The standard InChI is InChI=1S/C28H54O3S/c1-2-3-4-5-6-7-8-9-10-11-15-18-21-24-27-32-28(30)31-26-23-20-17-14-12-13-16-19-22-25-29/h9-10,29H,2-8,11-27H2,1H3. The molecule has 0 atom stereocenters. The molecule has 0 aliphatic heterocycles. The van der Waals surface area contributed by atoms with Crippen molar-refractivity contribution in [2.75, 3.05) is 19.0 Å². The molecule has 0 unspecified atom stereocenters. The van der Waals surface area contributed by atoms with Gasteiger partial charge in [-0.05, 0) is 56.7 Å². The molecule has 32 heavy (non-hydrogen) atoms. The van der Waals surface area contributed by atoms with Crippen LogP contribution in [0.1, 0.15) is 142 Å². The Bertz CT molecular complexity index is 398. The van der Waals surface area contributed by atoms with E-state index in [1.807, 2.05) is 0 Å². The zero-order chi connectivity index (χ0) is 23.4. The monoisotopic (exact) mass is 470 g/mol. The smallest absolute Gasteiger partial charge is 0.367 e. The maximum absolute atomic E-state index is 11.8. The highest BCUT2D eigenvalue weighted by Crippen LogP contribution is 2.14. The first-order valence-corrected chi connectivity index (χ1v) is 14.8. The summed E-state index contributed by atoms with van der Waals surface area (Å²) in [6.45, 7) is 3.17. The number of ether oxygens (including phenoxy) is 1. The van der Waals surface area contributed by atoms with Crippen LogP contribution in [0, 0.1) is 0 Å². The predicted octanol–water partition coefficient (Wildman–Crippen LogP) is 9.62. The molecule has 0 aromatic carbocycles. The van der Waals surface area contributed by atoms with Gasteiger partial charge in [0.15, 0.2) is 0 Å². The fourth-order valence-electron chi connectivity index (χ4n) is 3.80. The molecule has 190 valence electrons. The molecule has 0 aromatic heterocycles. The van der Waals surface area contributed by atoms with Crippen molar-refractivity contribution in [3.8, 4) is 0 Å². The van der Waals surface area contributed by atoms with E-state index in [0.29, 0.717) is 13.2 Å². The van der Waals surface area contributed by atoms with Gasteiger partial charge in [0.05, 0.1) is 6.61 Å². The number of allylic oxidation sites excluding steroid dienone is 2. The minimum atomic E-state index is -0.0912. The molecule has 0 saturated heterocycles. The highest BCUT2D eigenvalue weighted by Gasteiger charge is 2.03. The van der Waals surface area contributed by atoms with E-state index in [0.717, 1.165) is 37.9 Å². The minimum Gasteiger partial charge on any atom is -0.458 e. The Morgan fingerprint density at radius 1 is 0.656 bits per heavy atom. The van der Waals surface area contributed by atoms with Crippen LogP contribution in [0.25, 0.3) is 0 Å². The topological polar surface area (TPSA) is 46.5 Å². The fraction of sp³-hybridized carbons (Fsp3) is 0.893. The molecular formula is C28H54O3S. The summed E-state index contributed by atoms with van der Waals surface area (Å²) >= 11 is 1.35. The number of hydrogen-bond acceptors (Lipinski definition) is 4. The van der Waals surface area contributed by atoms with Crippen LogP contribution in [0.2, 0.25) is 0 Å². The first-order chi connectivity index (χ1) is 15.8. The lowest BCUT2D eigenvalue weighted by molar-refractivity contribution is 0.172. The Morgan fingerprint density at radius 2 is 1.12 bits per heavy atom. The summed E-state index contributed by atoms with van der Waals surface area (Å²) in [7, 11) is 0. The number of aliphatic hydroxyl groups excluding tert-OH is 1. The lowest BCUT2D eigenvalue weighted by Crippen LogP contribution is -2.00. The number of aliphatic hydroxyl groups is 1. The van der Waals surface area contributed by atoms with E-state index in [-0.39, 0.29) is 5.30 Å². The molecule has 0 rings (SSSR count). The summed E-state index contributed by atoms with van der Waals surface area (Å²) in [5, 5.41) is 8.65. The third kappa shape index (κ3) is 27.6. The van der Waals surface area contributed by atoms with Gasteiger partial charge in [-0.1, -0.05) is 109 Å². The van der Waals surface area contributed by atoms with E-state index >= 15 is 0 Å². The third-order valence-corrected chi connectivity index (χ3v) is 6.74. The van der Waals surface area contributed by atoms with Crippen LogP contribution in [-0.2, 0) is 4.74 Å². The van der Waals surface area contributed by atoms with Crippen LogP contribution in [0.5, 0.6) is 0 Å². The fourth-order valence-corrected chi connectivity index (χ4v) is 4.48. The molecule has 0 aromatic rings. The van der Waals surface area contributed by atoms with Crippen LogP contribution in [0.3, 0.4) is 0 Å². The molecule has 0 spiro atoms. The second-order valence-electron chi connectivity index (χ2n) is 9.08. The van der Waals surface area contributed by atoms with E-state index in [2.05, 4.69) is 19.1 Å². The summed E-state index contributed by atoms with van der Waals surface area (Å²) in [5.41, 5.74) is 0. The molecule has 0 aliphatic rings. The Hall–Kier alpha value is -0.480. The molecule has 0 bridgehead atoms. The highest BCUT2D eigenvalue weighted by molar-refractivity contribution is 8.13. The van der Waals surface area contributed by atoms with Gasteiger partial charge in [0, 0.05) is 12.4 Å². The van der Waals surface area contributed by atoms with Crippen molar-refractivity contribution in [2.45, 2.75) is 142 Å². The molecule has 0 aliphatic carbocycles. The summed E-state index contributed by atoms with van der Waals surface area (Å²) in [4.78, 5) is 11.8. The molecule has 0 radical (unpaired) electrons. The number of unbranched alkanes of at least 4 members (excludes halogenated alkanes) is 18. The van der Waals surface area contributed by atoms with Gasteiger partial charge in [0.2, 0.25) is 0 Å². The van der Waals surface area contributed by atoms with E-state index in [1.54, 1.807) is 0 Å². The summed E-state index contributed by atoms with van der Waals surface area (Å²) in [5.74, 6) is 0.892. The van der Waals surface area contributed by atoms with Gasteiger partial charge in [-0.25, -0.2) is 4.79 Å². The highest BCUT2D eigenvalue weighted by atomic mass is 32.2. The molecule has 0 heterocycles. The Kier molecular flexibility index (Phi) is 28.1. The molecule has 0 fully saturated rings. The number of rotatable bonds is 25. The molecule has 3 nitrogen and oxygen atoms in total. The first kappa shape index (κ1) is 31.5. The van der Waals surface area contributed by atoms with Crippen molar-refractivity contribution >= 4 is 17.1 Å². The number of carbonyl (C=O) groups excluding carboxylic acids is 1. The van der Waals surface area contributed by atoms with Gasteiger partial charge >= 0.3 is 5.30 Å². The van der Waals surface area contributed by atoms with Crippen LogP contribution in [0.15, 0.2) is 12.2 Å². The average Bonchev–Trinajstić information content (AvgIpc) is 2.80. The Balaban J connectivity index is 3.20. The van der Waals surface area contributed by atoms with Crippen LogP contribution in [0.4, 0.5) is 4.79 Å². The maximum Gasteiger partial charge on any atom is 0.367 e. The second-order valence-corrected chi connectivity index (χ2v) is 10.1. The van der Waals surface area contributed by atoms with Gasteiger partial charge in [-0.15, -0.1) is 0 Å². The van der Waals surface area contributed by atoms with Gasteiger partial charge in [0.25, 0.3) is 0 Å². The van der Waals surface area contributed by atoms with Gasteiger partial charge in [0.1, 0.15) is 0 Å². The lowest BCUT2D eigenvalue weighted by Gasteiger charge is -2.05. The Morgan fingerprint density at radius 3 is 1.69 bits per heavy atom. The SMILES string of the molecule is CCCCCCCCC=CCCCCCCSC(=O)OCCCCCCCCCCCO. The molecular weight excluding hydrogens is 416 g/mol. The third-order valence-electron chi connectivity index (χ3n) is 5.90. The van der Waals surface area contributed by atoms with E-state index in [1.165, 1.54) is 114 Å². The molecule has 1 N–H and O–H groups in total. The van der Waals surface area contributed by atoms with Gasteiger partial charge in [-0.3, -0.25) is 0 Å².